The van der Waals surface area contributed by atoms with Crippen LogP contribution in [-0.2, 0) is 4.79 Å². The monoisotopic (exact) mass is 631 g/mol. The van der Waals surface area contributed by atoms with E-state index in [1.54, 1.807) is 0 Å². The third-order valence-corrected chi connectivity index (χ3v) is 9.23. The normalized spacial score (nSPS) is 11.9. The Balaban J connectivity index is 3.91. The van der Waals surface area contributed by atoms with Gasteiger partial charge < -0.3 is 9.80 Å². The second kappa shape index (κ2) is 37.4. The fraction of sp³-hybridized carbons (Fsp3) is 0.881. The molecule has 0 aromatic rings. The van der Waals surface area contributed by atoms with Crippen LogP contribution in [0, 0.1) is 0 Å². The summed E-state index contributed by atoms with van der Waals surface area (Å²) in [5.74, 6) is 0.386. The molecule has 0 unspecified atom stereocenters. The van der Waals surface area contributed by atoms with Crippen molar-refractivity contribution in [3.05, 3.63) is 24.3 Å². The molecule has 3 nitrogen and oxygen atoms in total. The SMILES string of the molecule is CCCCCCCCC=CCCCCCCCCN(CCCCCCCCC=CCCCCCCCC)C(=O)CCCN(C)C. The Bertz CT molecular complexity index is 599. The molecule has 266 valence electrons. The van der Waals surface area contributed by atoms with Gasteiger partial charge in [0, 0.05) is 19.5 Å². The minimum Gasteiger partial charge on any atom is -0.343 e. The zero-order valence-corrected chi connectivity index (χ0v) is 31.4. The molecule has 3 heteroatoms. The summed E-state index contributed by atoms with van der Waals surface area (Å²) in [4.78, 5) is 17.4. The van der Waals surface area contributed by atoms with E-state index in [0.717, 1.165) is 26.1 Å². The molecule has 0 saturated heterocycles. The van der Waals surface area contributed by atoms with Gasteiger partial charge in [-0.1, -0.05) is 154 Å². The number of nitrogens with zero attached hydrogens (tertiary/aromatic N) is 2. The number of allylic oxidation sites excluding steroid dienone is 4. The first-order valence-electron chi connectivity index (χ1n) is 20.3. The molecule has 0 heterocycles. The Morgan fingerprint density at radius 1 is 0.400 bits per heavy atom. The predicted molar refractivity (Wildman–Crippen MR) is 203 cm³/mol. The lowest BCUT2D eigenvalue weighted by Crippen LogP contribution is -2.33. The maximum Gasteiger partial charge on any atom is 0.222 e. The van der Waals surface area contributed by atoms with E-state index in [1.807, 2.05) is 0 Å². The van der Waals surface area contributed by atoms with Crippen molar-refractivity contribution in [1.29, 1.82) is 0 Å². The Morgan fingerprint density at radius 3 is 1.04 bits per heavy atom. The van der Waals surface area contributed by atoms with Gasteiger partial charge in [0.2, 0.25) is 5.91 Å². The summed E-state index contributed by atoms with van der Waals surface area (Å²) < 4.78 is 0. The number of carbonyl (C=O) groups excluding carboxylic acids is 1. The second-order valence-corrected chi connectivity index (χ2v) is 14.2. The van der Waals surface area contributed by atoms with Crippen molar-refractivity contribution in [3.8, 4) is 0 Å². The van der Waals surface area contributed by atoms with Gasteiger partial charge in [-0.2, -0.15) is 0 Å². The van der Waals surface area contributed by atoms with Gasteiger partial charge in [-0.3, -0.25) is 4.79 Å². The average Bonchev–Trinajstić information content (AvgIpc) is 3.03. The molecule has 0 aliphatic carbocycles. The largest absolute Gasteiger partial charge is 0.343 e. The predicted octanol–water partition coefficient (Wildman–Crippen LogP) is 13.2. The third kappa shape index (κ3) is 35.6. The van der Waals surface area contributed by atoms with Crippen molar-refractivity contribution in [2.75, 3.05) is 33.7 Å². The van der Waals surface area contributed by atoms with Crippen LogP contribution in [0.3, 0.4) is 0 Å². The topological polar surface area (TPSA) is 23.6 Å². The molecule has 0 aromatic carbocycles. The molecule has 1 amide bonds. The molecule has 0 bridgehead atoms. The summed E-state index contributed by atoms with van der Waals surface area (Å²) in [6.07, 6.45) is 48.7. The molecule has 0 spiro atoms. The maximum absolute atomic E-state index is 13.0. The van der Waals surface area contributed by atoms with Gasteiger partial charge in [0.15, 0.2) is 0 Å². The van der Waals surface area contributed by atoms with Crippen molar-refractivity contribution in [3.63, 3.8) is 0 Å². The van der Waals surface area contributed by atoms with Gasteiger partial charge in [0.25, 0.3) is 0 Å². The molecule has 0 rings (SSSR count). The Morgan fingerprint density at radius 2 is 0.711 bits per heavy atom. The van der Waals surface area contributed by atoms with Crippen LogP contribution in [0.4, 0.5) is 0 Å². The first-order chi connectivity index (χ1) is 22.1. The molecule has 0 aliphatic heterocycles. The van der Waals surface area contributed by atoms with E-state index in [2.05, 4.69) is 62.0 Å². The summed E-state index contributed by atoms with van der Waals surface area (Å²) in [6, 6.07) is 0. The number of amides is 1. The van der Waals surface area contributed by atoms with Crippen LogP contribution in [0.15, 0.2) is 24.3 Å². The summed E-state index contributed by atoms with van der Waals surface area (Å²) in [6.45, 7) is 7.51. The number of carbonyl (C=O) groups is 1. The highest BCUT2D eigenvalue weighted by atomic mass is 16.2. The highest BCUT2D eigenvalue weighted by Crippen LogP contribution is 2.13. The molecule has 0 aromatic heterocycles. The van der Waals surface area contributed by atoms with Crippen LogP contribution < -0.4 is 0 Å². The number of hydrogen-bond acceptors (Lipinski definition) is 2. The maximum atomic E-state index is 13.0. The van der Waals surface area contributed by atoms with E-state index in [-0.39, 0.29) is 0 Å². The van der Waals surface area contributed by atoms with E-state index in [0.29, 0.717) is 12.3 Å². The summed E-state index contributed by atoms with van der Waals surface area (Å²) in [7, 11) is 4.20. The zero-order chi connectivity index (χ0) is 32.9. The summed E-state index contributed by atoms with van der Waals surface area (Å²) in [5, 5.41) is 0. The molecule has 0 radical (unpaired) electrons. The molecule has 0 aliphatic rings. The van der Waals surface area contributed by atoms with Gasteiger partial charge in [-0.15, -0.1) is 0 Å². The van der Waals surface area contributed by atoms with Crippen LogP contribution in [0.25, 0.3) is 0 Å². The van der Waals surface area contributed by atoms with Gasteiger partial charge in [-0.25, -0.2) is 0 Å². The number of rotatable bonds is 36. The Labute approximate surface area is 284 Å². The van der Waals surface area contributed by atoms with Gasteiger partial charge in [0.1, 0.15) is 0 Å². The van der Waals surface area contributed by atoms with Crippen LogP contribution in [0.5, 0.6) is 0 Å². The van der Waals surface area contributed by atoms with E-state index in [4.69, 9.17) is 0 Å². The lowest BCUT2D eigenvalue weighted by Gasteiger charge is -2.23. The summed E-state index contributed by atoms with van der Waals surface area (Å²) >= 11 is 0. The molecule has 0 saturated carbocycles. The average molecular weight is 631 g/mol. The van der Waals surface area contributed by atoms with Crippen molar-refractivity contribution >= 4 is 5.91 Å². The fourth-order valence-corrected chi connectivity index (χ4v) is 6.17. The van der Waals surface area contributed by atoms with Crippen molar-refractivity contribution in [1.82, 2.24) is 9.80 Å². The van der Waals surface area contributed by atoms with Crippen LogP contribution in [0.1, 0.15) is 206 Å². The van der Waals surface area contributed by atoms with Crippen LogP contribution in [0.2, 0.25) is 0 Å². The van der Waals surface area contributed by atoms with Crippen LogP contribution >= 0.6 is 0 Å². The lowest BCUT2D eigenvalue weighted by molar-refractivity contribution is -0.131. The van der Waals surface area contributed by atoms with Gasteiger partial charge in [0.05, 0.1) is 0 Å². The lowest BCUT2D eigenvalue weighted by atomic mass is 10.1. The van der Waals surface area contributed by atoms with Crippen molar-refractivity contribution in [2.24, 2.45) is 0 Å². The van der Waals surface area contributed by atoms with Gasteiger partial charge in [-0.05, 0) is 91.3 Å². The Hall–Kier alpha value is -1.09. The molecule has 0 N–H and O–H groups in total. The molecule has 0 atom stereocenters. The number of hydrogen-bond donors (Lipinski definition) is 0. The highest BCUT2D eigenvalue weighted by molar-refractivity contribution is 5.76. The second-order valence-electron chi connectivity index (χ2n) is 14.2. The van der Waals surface area contributed by atoms with E-state index < -0.39 is 0 Å². The molecule has 45 heavy (non-hydrogen) atoms. The van der Waals surface area contributed by atoms with E-state index >= 15 is 0 Å². The zero-order valence-electron chi connectivity index (χ0n) is 31.4. The minimum absolute atomic E-state index is 0.386. The van der Waals surface area contributed by atoms with Crippen LogP contribution in [-0.4, -0.2) is 49.4 Å². The van der Waals surface area contributed by atoms with E-state index in [9.17, 15) is 4.79 Å². The smallest absolute Gasteiger partial charge is 0.222 e. The molecular formula is C42H82N2O. The van der Waals surface area contributed by atoms with E-state index in [1.165, 1.54) is 180 Å². The van der Waals surface area contributed by atoms with Crippen molar-refractivity contribution in [2.45, 2.75) is 206 Å². The minimum atomic E-state index is 0.386. The molecular weight excluding hydrogens is 548 g/mol. The summed E-state index contributed by atoms with van der Waals surface area (Å²) in [5.41, 5.74) is 0. The number of unbranched alkanes of at least 4 members (excludes halogenated alkanes) is 24. The fourth-order valence-electron chi connectivity index (χ4n) is 6.17. The first kappa shape index (κ1) is 43.9. The third-order valence-electron chi connectivity index (χ3n) is 9.23. The standard InChI is InChI=1S/C42H82N2O/c1-5-7-9-11-13-15-17-19-21-23-25-27-29-31-33-35-40-44(42(45)38-37-39-43(3)4)41-36-34-32-30-28-26-24-22-20-18-16-14-12-10-8-6-2/h19-22H,5-18,23-41H2,1-4H3. The highest BCUT2D eigenvalue weighted by Gasteiger charge is 2.12. The Kier molecular flexibility index (Phi) is 36.5. The molecule has 0 fully saturated rings. The quantitative estimate of drug-likeness (QED) is 0.0508. The van der Waals surface area contributed by atoms with Crippen molar-refractivity contribution < 1.29 is 4.79 Å². The van der Waals surface area contributed by atoms with Gasteiger partial charge >= 0.3 is 0 Å². The first-order valence-corrected chi connectivity index (χ1v) is 20.3.